The van der Waals surface area contributed by atoms with Crippen molar-refractivity contribution in [3.8, 4) is 5.75 Å². The molecule has 27 heavy (non-hydrogen) atoms. The van der Waals surface area contributed by atoms with Gasteiger partial charge in [-0.2, -0.15) is 0 Å². The van der Waals surface area contributed by atoms with Gasteiger partial charge >= 0.3 is 0 Å². The second-order valence-electron chi connectivity index (χ2n) is 7.29. The highest BCUT2D eigenvalue weighted by Crippen LogP contribution is 2.29. The standard InChI is InChI=1S/C19H23FN4O3/c1-27-17-8-14-16(9-15(17)20)21-11-24(19(14)26)10-18(25)22-12-4-6-23(7-5-12)13-2-3-13/h8-9,11-13H,2-7,10H2,1H3,(H,22,25). The second kappa shape index (κ2) is 7.26. The summed E-state index contributed by atoms with van der Waals surface area (Å²) >= 11 is 0. The largest absolute Gasteiger partial charge is 0.494 e. The highest BCUT2D eigenvalue weighted by atomic mass is 19.1. The Balaban J connectivity index is 1.43. The molecule has 1 saturated heterocycles. The number of carbonyl (C=O) groups excluding carboxylic acids is 1. The Hall–Kier alpha value is -2.48. The third kappa shape index (κ3) is 3.80. The van der Waals surface area contributed by atoms with Crippen LogP contribution in [0.4, 0.5) is 4.39 Å². The van der Waals surface area contributed by atoms with Gasteiger partial charge in [-0.3, -0.25) is 14.2 Å². The van der Waals surface area contributed by atoms with Gasteiger partial charge in [-0.15, -0.1) is 0 Å². The molecule has 0 atom stereocenters. The number of methoxy groups -OCH3 is 1. The fraction of sp³-hybridized carbons (Fsp3) is 0.526. The molecule has 144 valence electrons. The first-order valence-electron chi connectivity index (χ1n) is 9.31. The van der Waals surface area contributed by atoms with E-state index in [4.69, 9.17) is 4.74 Å². The summed E-state index contributed by atoms with van der Waals surface area (Å²) in [6, 6.07) is 3.38. The van der Waals surface area contributed by atoms with Gasteiger partial charge < -0.3 is 15.0 Å². The predicted molar refractivity (Wildman–Crippen MR) is 98.3 cm³/mol. The molecule has 8 heteroatoms. The summed E-state index contributed by atoms with van der Waals surface area (Å²) in [6.45, 7) is 1.92. The monoisotopic (exact) mass is 374 g/mol. The van der Waals surface area contributed by atoms with E-state index in [9.17, 15) is 14.0 Å². The topological polar surface area (TPSA) is 76.5 Å². The number of carbonyl (C=O) groups is 1. The zero-order valence-corrected chi connectivity index (χ0v) is 15.3. The van der Waals surface area contributed by atoms with Gasteiger partial charge in [0.2, 0.25) is 5.91 Å². The summed E-state index contributed by atoms with van der Waals surface area (Å²) in [5.41, 5.74) is -0.153. The number of amides is 1. The lowest BCUT2D eigenvalue weighted by molar-refractivity contribution is -0.122. The highest BCUT2D eigenvalue weighted by Gasteiger charge is 2.32. The zero-order valence-electron chi connectivity index (χ0n) is 15.3. The normalized spacial score (nSPS) is 18.6. The van der Waals surface area contributed by atoms with Crippen LogP contribution in [0.1, 0.15) is 25.7 Å². The molecule has 0 spiro atoms. The fourth-order valence-corrected chi connectivity index (χ4v) is 3.71. The summed E-state index contributed by atoms with van der Waals surface area (Å²) in [7, 11) is 1.33. The Labute approximate surface area is 156 Å². The van der Waals surface area contributed by atoms with Crippen molar-refractivity contribution in [1.82, 2.24) is 19.8 Å². The Morgan fingerprint density at radius 1 is 1.30 bits per heavy atom. The lowest BCUT2D eigenvalue weighted by Gasteiger charge is -2.32. The number of ether oxygens (including phenoxy) is 1. The highest BCUT2D eigenvalue weighted by molar-refractivity contribution is 5.80. The minimum Gasteiger partial charge on any atom is -0.494 e. The van der Waals surface area contributed by atoms with Crippen LogP contribution in [-0.4, -0.2) is 52.6 Å². The zero-order chi connectivity index (χ0) is 19.0. The molecule has 2 aliphatic rings. The van der Waals surface area contributed by atoms with E-state index in [0.29, 0.717) is 0 Å². The number of rotatable bonds is 5. The SMILES string of the molecule is COc1cc2c(=O)n(CC(=O)NC3CCN(C4CC4)CC3)cnc2cc1F. The summed E-state index contributed by atoms with van der Waals surface area (Å²) in [5, 5.41) is 3.24. The molecule has 2 aromatic rings. The van der Waals surface area contributed by atoms with Crippen LogP contribution in [-0.2, 0) is 11.3 Å². The number of fused-ring (bicyclic) bond motifs is 1. The molecule has 1 aromatic carbocycles. The number of halogens is 1. The quantitative estimate of drug-likeness (QED) is 0.853. The van der Waals surface area contributed by atoms with Crippen molar-refractivity contribution in [3.05, 3.63) is 34.6 Å². The molecule has 1 N–H and O–H groups in total. The van der Waals surface area contributed by atoms with Gasteiger partial charge in [-0.25, -0.2) is 9.37 Å². The minimum atomic E-state index is -0.579. The Kier molecular flexibility index (Phi) is 4.82. The van der Waals surface area contributed by atoms with Crippen LogP contribution in [0.25, 0.3) is 10.9 Å². The lowest BCUT2D eigenvalue weighted by Crippen LogP contribution is -2.46. The average molecular weight is 374 g/mol. The lowest BCUT2D eigenvalue weighted by atomic mass is 10.0. The molecular formula is C19H23FN4O3. The van der Waals surface area contributed by atoms with Crippen LogP contribution in [0.15, 0.2) is 23.3 Å². The number of aromatic nitrogens is 2. The van der Waals surface area contributed by atoms with Gasteiger partial charge in [0.25, 0.3) is 5.56 Å². The molecule has 1 aliphatic heterocycles. The molecule has 1 aliphatic carbocycles. The maximum absolute atomic E-state index is 13.8. The minimum absolute atomic E-state index is 0.0222. The molecule has 4 rings (SSSR count). The van der Waals surface area contributed by atoms with Crippen molar-refractivity contribution >= 4 is 16.8 Å². The van der Waals surface area contributed by atoms with Gasteiger partial charge in [-0.05, 0) is 31.7 Å². The maximum atomic E-state index is 13.8. The summed E-state index contributed by atoms with van der Waals surface area (Å²) in [5.74, 6) is -0.812. The third-order valence-corrected chi connectivity index (χ3v) is 5.37. The molecule has 0 bridgehead atoms. The fourth-order valence-electron chi connectivity index (χ4n) is 3.71. The number of benzene rings is 1. The number of piperidine rings is 1. The number of nitrogens with zero attached hydrogens (tertiary/aromatic N) is 3. The van der Waals surface area contributed by atoms with Crippen molar-refractivity contribution in [3.63, 3.8) is 0 Å². The number of hydrogen-bond acceptors (Lipinski definition) is 5. The van der Waals surface area contributed by atoms with Crippen LogP contribution >= 0.6 is 0 Å². The van der Waals surface area contributed by atoms with E-state index in [1.54, 1.807) is 0 Å². The van der Waals surface area contributed by atoms with Crippen LogP contribution < -0.4 is 15.6 Å². The number of nitrogens with one attached hydrogen (secondary N) is 1. The van der Waals surface area contributed by atoms with E-state index >= 15 is 0 Å². The van der Waals surface area contributed by atoms with E-state index in [1.807, 2.05) is 0 Å². The average Bonchev–Trinajstić information content (AvgIpc) is 3.50. The van der Waals surface area contributed by atoms with E-state index in [1.165, 1.54) is 36.9 Å². The summed E-state index contributed by atoms with van der Waals surface area (Å²) in [4.78, 5) is 31.6. The van der Waals surface area contributed by atoms with E-state index in [-0.39, 0.29) is 35.1 Å². The second-order valence-corrected chi connectivity index (χ2v) is 7.29. The smallest absolute Gasteiger partial charge is 0.261 e. The molecule has 1 saturated carbocycles. The van der Waals surface area contributed by atoms with Gasteiger partial charge in [-0.1, -0.05) is 0 Å². The van der Waals surface area contributed by atoms with Gasteiger partial charge in [0.05, 0.1) is 24.3 Å². The van der Waals surface area contributed by atoms with Gasteiger partial charge in [0.1, 0.15) is 6.54 Å². The van der Waals surface area contributed by atoms with Crippen molar-refractivity contribution in [2.24, 2.45) is 0 Å². The molecule has 0 unspecified atom stereocenters. The Morgan fingerprint density at radius 3 is 2.70 bits per heavy atom. The maximum Gasteiger partial charge on any atom is 0.261 e. The number of hydrogen-bond donors (Lipinski definition) is 1. The molecule has 2 heterocycles. The van der Waals surface area contributed by atoms with Crippen LogP contribution in [0, 0.1) is 5.82 Å². The summed E-state index contributed by atoms with van der Waals surface area (Å²) < 4.78 is 19.9. The molecule has 0 radical (unpaired) electrons. The van der Waals surface area contributed by atoms with Crippen molar-refractivity contribution in [1.29, 1.82) is 0 Å². The van der Waals surface area contributed by atoms with Crippen molar-refractivity contribution < 1.29 is 13.9 Å². The van der Waals surface area contributed by atoms with Crippen molar-refractivity contribution in [2.45, 2.75) is 44.3 Å². The third-order valence-electron chi connectivity index (χ3n) is 5.37. The predicted octanol–water partition coefficient (Wildman–Crippen LogP) is 1.29. The van der Waals surface area contributed by atoms with E-state index in [2.05, 4.69) is 15.2 Å². The van der Waals surface area contributed by atoms with Gasteiger partial charge in [0.15, 0.2) is 11.6 Å². The van der Waals surface area contributed by atoms with Crippen LogP contribution in [0.3, 0.4) is 0 Å². The van der Waals surface area contributed by atoms with Gasteiger partial charge in [0, 0.05) is 31.2 Å². The first-order chi connectivity index (χ1) is 13.0. The molecule has 1 aromatic heterocycles. The number of likely N-dealkylation sites (tertiary alicyclic amines) is 1. The van der Waals surface area contributed by atoms with Crippen LogP contribution in [0.5, 0.6) is 5.75 Å². The molecule has 7 nitrogen and oxygen atoms in total. The first kappa shape index (κ1) is 17.9. The molecular weight excluding hydrogens is 351 g/mol. The first-order valence-corrected chi connectivity index (χ1v) is 9.31. The van der Waals surface area contributed by atoms with E-state index in [0.717, 1.165) is 38.0 Å². The van der Waals surface area contributed by atoms with Crippen LogP contribution in [0.2, 0.25) is 0 Å². The Bertz CT molecular complexity index is 917. The molecule has 2 fully saturated rings. The Morgan fingerprint density at radius 2 is 2.04 bits per heavy atom. The van der Waals surface area contributed by atoms with E-state index < -0.39 is 11.4 Å². The summed E-state index contributed by atoms with van der Waals surface area (Å²) in [6.07, 6.45) is 5.74. The molecule has 1 amide bonds. The van der Waals surface area contributed by atoms with Crippen molar-refractivity contribution in [2.75, 3.05) is 20.2 Å².